The quantitative estimate of drug-likeness (QED) is 0.903. The molecular formula is C9H8BrFN4. The van der Waals surface area contributed by atoms with Crippen LogP contribution < -0.4 is 5.73 Å². The first-order valence-corrected chi connectivity index (χ1v) is 5.06. The second-order valence-electron chi connectivity index (χ2n) is 2.94. The Morgan fingerprint density at radius 2 is 2.27 bits per heavy atom. The monoisotopic (exact) mass is 270 g/mol. The van der Waals surface area contributed by atoms with Crippen LogP contribution in [0.1, 0.15) is 5.69 Å². The summed E-state index contributed by atoms with van der Waals surface area (Å²) in [6, 6.07) is 4.73. The highest BCUT2D eigenvalue weighted by atomic mass is 79.9. The second kappa shape index (κ2) is 4.08. The molecule has 1 aromatic carbocycles. The lowest BCUT2D eigenvalue weighted by molar-refractivity contribution is 0.617. The average Bonchev–Trinajstić information content (AvgIpc) is 2.70. The number of rotatable bonds is 2. The summed E-state index contributed by atoms with van der Waals surface area (Å²) in [6.07, 6.45) is 1.56. The predicted octanol–water partition coefficient (Wildman–Crippen LogP) is 1.63. The SMILES string of the molecule is NCc1cnnn1-c1ccc(Br)c(F)c1. The summed E-state index contributed by atoms with van der Waals surface area (Å²) in [5, 5.41) is 7.55. The molecule has 2 aromatic rings. The van der Waals surface area contributed by atoms with Gasteiger partial charge in [-0.2, -0.15) is 0 Å². The zero-order chi connectivity index (χ0) is 10.8. The molecule has 0 radical (unpaired) electrons. The molecule has 2 N–H and O–H groups in total. The fourth-order valence-electron chi connectivity index (χ4n) is 1.23. The van der Waals surface area contributed by atoms with Gasteiger partial charge in [0.15, 0.2) is 0 Å². The third-order valence-corrected chi connectivity index (χ3v) is 2.62. The fourth-order valence-corrected chi connectivity index (χ4v) is 1.48. The van der Waals surface area contributed by atoms with E-state index in [-0.39, 0.29) is 5.82 Å². The van der Waals surface area contributed by atoms with Crippen molar-refractivity contribution in [3.63, 3.8) is 0 Å². The first kappa shape index (κ1) is 10.3. The smallest absolute Gasteiger partial charge is 0.139 e. The molecule has 0 amide bonds. The van der Waals surface area contributed by atoms with E-state index in [2.05, 4.69) is 26.2 Å². The number of benzene rings is 1. The lowest BCUT2D eigenvalue weighted by Crippen LogP contribution is -2.07. The molecule has 0 unspecified atom stereocenters. The van der Waals surface area contributed by atoms with E-state index in [0.717, 1.165) is 5.69 Å². The van der Waals surface area contributed by atoms with Gasteiger partial charge in [0.25, 0.3) is 0 Å². The van der Waals surface area contributed by atoms with Crippen LogP contribution in [0.25, 0.3) is 5.69 Å². The number of halogens is 2. The number of hydrogen-bond acceptors (Lipinski definition) is 3. The Hall–Kier alpha value is -1.27. The summed E-state index contributed by atoms with van der Waals surface area (Å²) in [5.74, 6) is -0.342. The van der Waals surface area contributed by atoms with Gasteiger partial charge in [-0.15, -0.1) is 5.10 Å². The third-order valence-electron chi connectivity index (χ3n) is 1.98. The molecule has 6 heteroatoms. The van der Waals surface area contributed by atoms with Crippen molar-refractivity contribution in [3.05, 3.63) is 40.4 Å². The van der Waals surface area contributed by atoms with Crippen LogP contribution in [0.3, 0.4) is 0 Å². The summed E-state index contributed by atoms with van der Waals surface area (Å²) in [7, 11) is 0. The van der Waals surface area contributed by atoms with E-state index in [1.165, 1.54) is 10.7 Å². The topological polar surface area (TPSA) is 56.7 Å². The molecule has 15 heavy (non-hydrogen) atoms. The van der Waals surface area contributed by atoms with E-state index in [1.807, 2.05) is 0 Å². The van der Waals surface area contributed by atoms with Gasteiger partial charge in [0, 0.05) is 12.6 Å². The van der Waals surface area contributed by atoms with Crippen LogP contribution in [0.4, 0.5) is 4.39 Å². The number of nitrogens with two attached hydrogens (primary N) is 1. The lowest BCUT2D eigenvalue weighted by atomic mass is 10.3. The van der Waals surface area contributed by atoms with Crippen molar-refractivity contribution < 1.29 is 4.39 Å². The highest BCUT2D eigenvalue weighted by Gasteiger charge is 2.06. The van der Waals surface area contributed by atoms with Crippen LogP contribution in [-0.2, 0) is 6.54 Å². The maximum absolute atomic E-state index is 13.3. The van der Waals surface area contributed by atoms with E-state index in [4.69, 9.17) is 5.73 Å². The minimum atomic E-state index is -0.342. The van der Waals surface area contributed by atoms with Gasteiger partial charge in [-0.1, -0.05) is 5.21 Å². The molecule has 0 aliphatic carbocycles. The number of hydrogen-bond donors (Lipinski definition) is 1. The summed E-state index contributed by atoms with van der Waals surface area (Å²) < 4.78 is 15.2. The Kier molecular flexibility index (Phi) is 2.79. The van der Waals surface area contributed by atoms with Gasteiger partial charge < -0.3 is 5.73 Å². The zero-order valence-electron chi connectivity index (χ0n) is 7.69. The highest BCUT2D eigenvalue weighted by molar-refractivity contribution is 9.10. The van der Waals surface area contributed by atoms with Crippen molar-refractivity contribution in [2.24, 2.45) is 5.73 Å². The molecule has 78 valence electrons. The zero-order valence-corrected chi connectivity index (χ0v) is 9.28. The Balaban J connectivity index is 2.50. The third kappa shape index (κ3) is 1.91. The Labute approximate surface area is 94.0 Å². The Morgan fingerprint density at radius 3 is 2.93 bits per heavy atom. The normalized spacial score (nSPS) is 10.6. The maximum atomic E-state index is 13.3. The molecule has 0 aliphatic rings. The molecule has 4 nitrogen and oxygen atoms in total. The Morgan fingerprint density at radius 1 is 1.47 bits per heavy atom. The largest absolute Gasteiger partial charge is 0.325 e. The van der Waals surface area contributed by atoms with Crippen LogP contribution >= 0.6 is 15.9 Å². The van der Waals surface area contributed by atoms with Crippen LogP contribution in [0.2, 0.25) is 0 Å². The molecule has 0 saturated heterocycles. The minimum Gasteiger partial charge on any atom is -0.325 e. The van der Waals surface area contributed by atoms with Gasteiger partial charge in [0.1, 0.15) is 5.82 Å². The van der Waals surface area contributed by atoms with Crippen LogP contribution in [0.5, 0.6) is 0 Å². The average molecular weight is 271 g/mol. The molecule has 1 aromatic heterocycles. The van der Waals surface area contributed by atoms with Crippen molar-refractivity contribution in [1.29, 1.82) is 0 Å². The van der Waals surface area contributed by atoms with Crippen LogP contribution in [0, 0.1) is 5.82 Å². The van der Waals surface area contributed by atoms with Crippen LogP contribution in [0.15, 0.2) is 28.9 Å². The van der Waals surface area contributed by atoms with Gasteiger partial charge in [0.05, 0.1) is 22.1 Å². The summed E-state index contributed by atoms with van der Waals surface area (Å²) in [4.78, 5) is 0. The molecular weight excluding hydrogens is 263 g/mol. The van der Waals surface area contributed by atoms with Gasteiger partial charge in [0.2, 0.25) is 0 Å². The fraction of sp³-hybridized carbons (Fsp3) is 0.111. The molecule has 0 atom stereocenters. The van der Waals surface area contributed by atoms with Crippen molar-refractivity contribution >= 4 is 15.9 Å². The van der Waals surface area contributed by atoms with Gasteiger partial charge in [-0.3, -0.25) is 0 Å². The first-order valence-electron chi connectivity index (χ1n) is 4.27. The molecule has 0 fully saturated rings. The van der Waals surface area contributed by atoms with E-state index in [1.54, 1.807) is 18.3 Å². The summed E-state index contributed by atoms with van der Waals surface area (Å²) in [6.45, 7) is 0.310. The Bertz CT molecular complexity index is 483. The van der Waals surface area contributed by atoms with Crippen LogP contribution in [-0.4, -0.2) is 15.0 Å². The standard InChI is InChI=1S/C9H8BrFN4/c10-8-2-1-6(3-9(8)11)15-7(4-12)5-13-14-15/h1-3,5H,4,12H2. The first-order chi connectivity index (χ1) is 7.22. The highest BCUT2D eigenvalue weighted by Crippen LogP contribution is 2.18. The summed E-state index contributed by atoms with van der Waals surface area (Å²) in [5.41, 5.74) is 6.83. The van der Waals surface area contributed by atoms with E-state index in [9.17, 15) is 4.39 Å². The van der Waals surface area contributed by atoms with Gasteiger partial charge in [-0.25, -0.2) is 9.07 Å². The lowest BCUT2D eigenvalue weighted by Gasteiger charge is -2.04. The van der Waals surface area contributed by atoms with Crippen molar-refractivity contribution in [2.75, 3.05) is 0 Å². The van der Waals surface area contributed by atoms with E-state index >= 15 is 0 Å². The van der Waals surface area contributed by atoms with Crippen molar-refractivity contribution in [3.8, 4) is 5.69 Å². The molecule has 2 rings (SSSR count). The van der Waals surface area contributed by atoms with Gasteiger partial charge in [-0.05, 0) is 28.1 Å². The van der Waals surface area contributed by atoms with E-state index < -0.39 is 0 Å². The second-order valence-corrected chi connectivity index (χ2v) is 3.79. The predicted molar refractivity (Wildman–Crippen MR) is 56.9 cm³/mol. The van der Waals surface area contributed by atoms with Crippen molar-refractivity contribution in [2.45, 2.75) is 6.54 Å². The van der Waals surface area contributed by atoms with Gasteiger partial charge >= 0.3 is 0 Å². The summed E-state index contributed by atoms with van der Waals surface area (Å²) >= 11 is 3.08. The van der Waals surface area contributed by atoms with Crippen molar-refractivity contribution in [1.82, 2.24) is 15.0 Å². The number of nitrogens with zero attached hydrogens (tertiary/aromatic N) is 3. The molecule has 0 bridgehead atoms. The maximum Gasteiger partial charge on any atom is 0.139 e. The minimum absolute atomic E-state index is 0.310. The molecule has 0 aliphatic heterocycles. The molecule has 0 saturated carbocycles. The molecule has 0 spiro atoms. The number of aromatic nitrogens is 3. The molecule has 1 heterocycles. The van der Waals surface area contributed by atoms with E-state index in [0.29, 0.717) is 16.7 Å².